The van der Waals surface area contributed by atoms with Crippen molar-refractivity contribution in [2.45, 2.75) is 12.6 Å². The van der Waals surface area contributed by atoms with Crippen LogP contribution < -0.4 is 10.1 Å². The average Bonchev–Trinajstić information content (AvgIpc) is 3.04. The number of carbonyl (C=O) groups is 3. The number of hydrogen-bond donors (Lipinski definition) is 1. The van der Waals surface area contributed by atoms with Crippen molar-refractivity contribution >= 4 is 17.8 Å². The van der Waals surface area contributed by atoms with E-state index >= 15 is 0 Å². The van der Waals surface area contributed by atoms with Crippen LogP contribution in [0.15, 0.2) is 48.8 Å². The van der Waals surface area contributed by atoms with Crippen molar-refractivity contribution < 1.29 is 23.5 Å². The lowest BCUT2D eigenvalue weighted by Crippen LogP contribution is -2.53. The largest absolute Gasteiger partial charge is 0.492 e. The molecule has 3 heterocycles. The topological polar surface area (TPSA) is 95.1 Å². The molecule has 1 atom stereocenters. The standard InChI is InChI=1S/C22H24FN5O4/c23-17-3-5-18(6-4-17)32-11-10-26-8-9-27-19(14-26)21(30)28(22(27)31)15-20(29)25-13-16-2-1-7-24-12-16/h1-7,12,19H,8-11,13-15H2,(H,25,29). The van der Waals surface area contributed by atoms with E-state index in [1.165, 1.54) is 17.0 Å². The van der Waals surface area contributed by atoms with Crippen molar-refractivity contribution in [2.24, 2.45) is 0 Å². The summed E-state index contributed by atoms with van der Waals surface area (Å²) in [6.45, 7) is 2.29. The number of ether oxygens (including phenoxy) is 1. The quantitative estimate of drug-likeness (QED) is 0.611. The molecule has 168 valence electrons. The number of piperazine rings is 1. The number of fused-ring (bicyclic) bond motifs is 1. The van der Waals surface area contributed by atoms with E-state index in [4.69, 9.17) is 4.74 Å². The van der Waals surface area contributed by atoms with E-state index in [1.54, 1.807) is 30.6 Å². The molecule has 2 aliphatic rings. The van der Waals surface area contributed by atoms with E-state index in [0.717, 1.165) is 10.5 Å². The molecule has 1 unspecified atom stereocenters. The second-order valence-corrected chi connectivity index (χ2v) is 7.66. The summed E-state index contributed by atoms with van der Waals surface area (Å²) in [4.78, 5) is 46.3. The van der Waals surface area contributed by atoms with E-state index in [-0.39, 0.29) is 24.8 Å². The van der Waals surface area contributed by atoms with Gasteiger partial charge in [0.15, 0.2) is 0 Å². The molecule has 0 spiro atoms. The fourth-order valence-electron chi connectivity index (χ4n) is 3.78. The highest BCUT2D eigenvalue weighted by Gasteiger charge is 2.47. The van der Waals surface area contributed by atoms with Gasteiger partial charge >= 0.3 is 6.03 Å². The van der Waals surface area contributed by atoms with Crippen LogP contribution in [-0.2, 0) is 16.1 Å². The van der Waals surface area contributed by atoms with Crippen molar-refractivity contribution in [3.05, 3.63) is 60.2 Å². The van der Waals surface area contributed by atoms with Gasteiger partial charge in [0, 0.05) is 45.1 Å². The van der Waals surface area contributed by atoms with Crippen LogP contribution in [0.4, 0.5) is 9.18 Å². The SMILES string of the molecule is O=C(CN1C(=O)C2CN(CCOc3ccc(F)cc3)CCN2C1=O)NCc1cccnc1. The molecule has 32 heavy (non-hydrogen) atoms. The first kappa shape index (κ1) is 21.7. The Hall–Kier alpha value is -3.53. The first-order valence-corrected chi connectivity index (χ1v) is 10.4. The molecule has 0 bridgehead atoms. The van der Waals surface area contributed by atoms with Crippen LogP contribution in [0.3, 0.4) is 0 Å². The zero-order valence-corrected chi connectivity index (χ0v) is 17.4. The number of benzene rings is 1. The Bertz CT molecular complexity index is 972. The maximum absolute atomic E-state index is 13.0. The lowest BCUT2D eigenvalue weighted by atomic mass is 10.2. The molecule has 2 aliphatic heterocycles. The number of rotatable bonds is 8. The Labute approximate surface area is 184 Å². The Kier molecular flexibility index (Phi) is 6.60. The number of nitrogens with zero attached hydrogens (tertiary/aromatic N) is 4. The first-order chi connectivity index (χ1) is 15.5. The molecule has 1 aromatic carbocycles. The predicted octanol–water partition coefficient (Wildman–Crippen LogP) is 0.864. The Balaban J connectivity index is 1.26. The third kappa shape index (κ3) is 5.02. The maximum atomic E-state index is 13.0. The summed E-state index contributed by atoms with van der Waals surface area (Å²) in [5.41, 5.74) is 0.829. The van der Waals surface area contributed by atoms with Gasteiger partial charge in [-0.3, -0.25) is 24.4 Å². The fraction of sp³-hybridized carbons (Fsp3) is 0.364. The highest BCUT2D eigenvalue weighted by Crippen LogP contribution is 2.22. The molecule has 0 aliphatic carbocycles. The number of hydrogen-bond acceptors (Lipinski definition) is 6. The summed E-state index contributed by atoms with van der Waals surface area (Å²) >= 11 is 0. The first-order valence-electron chi connectivity index (χ1n) is 10.4. The minimum atomic E-state index is -0.604. The van der Waals surface area contributed by atoms with Gasteiger partial charge in [0.1, 0.15) is 30.8 Å². The number of imide groups is 1. The van der Waals surface area contributed by atoms with Crippen LogP contribution in [0.1, 0.15) is 5.56 Å². The van der Waals surface area contributed by atoms with Gasteiger partial charge in [-0.15, -0.1) is 0 Å². The van der Waals surface area contributed by atoms with Crippen LogP contribution in [0.2, 0.25) is 0 Å². The number of amides is 4. The predicted molar refractivity (Wildman–Crippen MR) is 112 cm³/mol. The molecule has 4 rings (SSSR count). The normalized spacial score (nSPS) is 18.6. The molecule has 0 radical (unpaired) electrons. The van der Waals surface area contributed by atoms with Crippen LogP contribution >= 0.6 is 0 Å². The lowest BCUT2D eigenvalue weighted by molar-refractivity contribution is -0.133. The zero-order valence-electron chi connectivity index (χ0n) is 17.4. The molecule has 2 aromatic rings. The van der Waals surface area contributed by atoms with Gasteiger partial charge in [0.25, 0.3) is 5.91 Å². The molecule has 9 nitrogen and oxygen atoms in total. The molecular formula is C22H24FN5O4. The summed E-state index contributed by atoms with van der Waals surface area (Å²) < 4.78 is 18.6. The van der Waals surface area contributed by atoms with Gasteiger partial charge in [0.05, 0.1) is 0 Å². The molecule has 2 fully saturated rings. The van der Waals surface area contributed by atoms with E-state index in [2.05, 4.69) is 10.3 Å². The third-order valence-electron chi connectivity index (χ3n) is 5.50. The smallest absolute Gasteiger partial charge is 0.328 e. The van der Waals surface area contributed by atoms with Crippen molar-refractivity contribution in [1.82, 2.24) is 25.0 Å². The minimum absolute atomic E-state index is 0.276. The highest BCUT2D eigenvalue weighted by molar-refractivity contribution is 6.06. The number of nitrogens with one attached hydrogen (secondary N) is 1. The van der Waals surface area contributed by atoms with Crippen LogP contribution in [-0.4, -0.2) is 82.9 Å². The van der Waals surface area contributed by atoms with E-state index in [1.807, 2.05) is 11.0 Å². The van der Waals surface area contributed by atoms with Gasteiger partial charge in [-0.2, -0.15) is 0 Å². The monoisotopic (exact) mass is 441 g/mol. The Morgan fingerprint density at radius 3 is 2.75 bits per heavy atom. The third-order valence-corrected chi connectivity index (χ3v) is 5.50. The summed E-state index contributed by atoms with van der Waals surface area (Å²) in [7, 11) is 0. The number of pyridine rings is 1. The second-order valence-electron chi connectivity index (χ2n) is 7.66. The summed E-state index contributed by atoms with van der Waals surface area (Å²) in [6, 6.07) is 8.34. The van der Waals surface area contributed by atoms with Gasteiger partial charge in [-0.25, -0.2) is 9.18 Å². The summed E-state index contributed by atoms with van der Waals surface area (Å²) in [6.07, 6.45) is 3.28. The van der Waals surface area contributed by atoms with Crippen LogP contribution in [0, 0.1) is 5.82 Å². The summed E-state index contributed by atoms with van der Waals surface area (Å²) in [5, 5.41) is 2.71. The van der Waals surface area contributed by atoms with E-state index < -0.39 is 18.0 Å². The lowest BCUT2D eigenvalue weighted by Gasteiger charge is -2.35. The van der Waals surface area contributed by atoms with Gasteiger partial charge in [-0.05, 0) is 35.9 Å². The average molecular weight is 441 g/mol. The van der Waals surface area contributed by atoms with Crippen molar-refractivity contribution in [3.8, 4) is 5.75 Å². The van der Waals surface area contributed by atoms with Crippen LogP contribution in [0.5, 0.6) is 5.75 Å². The second kappa shape index (κ2) is 9.73. The van der Waals surface area contributed by atoms with Gasteiger partial charge in [-0.1, -0.05) is 6.07 Å². The number of halogens is 1. The Morgan fingerprint density at radius 2 is 2.00 bits per heavy atom. The van der Waals surface area contributed by atoms with Gasteiger partial charge in [0.2, 0.25) is 5.91 Å². The van der Waals surface area contributed by atoms with Crippen LogP contribution in [0.25, 0.3) is 0 Å². The number of aromatic nitrogens is 1. The van der Waals surface area contributed by atoms with E-state index in [9.17, 15) is 18.8 Å². The van der Waals surface area contributed by atoms with Crippen molar-refractivity contribution in [3.63, 3.8) is 0 Å². The van der Waals surface area contributed by atoms with Gasteiger partial charge < -0.3 is 15.0 Å². The highest BCUT2D eigenvalue weighted by atomic mass is 19.1. The van der Waals surface area contributed by atoms with E-state index in [0.29, 0.717) is 38.5 Å². The number of urea groups is 1. The fourth-order valence-corrected chi connectivity index (χ4v) is 3.78. The molecular weight excluding hydrogens is 417 g/mol. The molecule has 4 amide bonds. The molecule has 1 aromatic heterocycles. The Morgan fingerprint density at radius 1 is 1.19 bits per heavy atom. The van der Waals surface area contributed by atoms with Crippen molar-refractivity contribution in [2.75, 3.05) is 39.3 Å². The zero-order chi connectivity index (χ0) is 22.5. The summed E-state index contributed by atoms with van der Waals surface area (Å²) in [5.74, 6) is -0.524. The molecule has 2 saturated heterocycles. The van der Waals surface area contributed by atoms with Crippen molar-refractivity contribution in [1.29, 1.82) is 0 Å². The number of carbonyl (C=O) groups excluding carboxylic acids is 3. The molecule has 1 N–H and O–H groups in total. The minimum Gasteiger partial charge on any atom is -0.492 e. The maximum Gasteiger partial charge on any atom is 0.328 e. The molecule has 0 saturated carbocycles. The molecule has 10 heteroatoms.